The lowest BCUT2D eigenvalue weighted by molar-refractivity contribution is -0.991. The van der Waals surface area contributed by atoms with E-state index in [9.17, 15) is 14.8 Å². The minimum absolute atomic E-state index is 0.0968. The predicted octanol–water partition coefficient (Wildman–Crippen LogP) is 3.64. The molecule has 0 aromatic heterocycles. The highest BCUT2D eigenvalue weighted by atomic mass is 16.8. The molecule has 1 fully saturated rings. The molecule has 0 aliphatic carbocycles. The number of nitrogens with one attached hydrogen (secondary N) is 1. The van der Waals surface area contributed by atoms with Gasteiger partial charge in [-0.05, 0) is 35.4 Å². The number of ketones is 1. The topological polar surface area (TPSA) is 94.3 Å². The van der Waals surface area contributed by atoms with Crippen molar-refractivity contribution in [2.75, 3.05) is 13.1 Å². The molecule has 1 saturated heterocycles. The van der Waals surface area contributed by atoms with Crippen molar-refractivity contribution in [3.8, 4) is 5.75 Å². The van der Waals surface area contributed by atoms with Gasteiger partial charge in [0, 0.05) is 23.3 Å². The summed E-state index contributed by atoms with van der Waals surface area (Å²) in [5, 5.41) is 19.0. The number of rotatable bonds is 4. The summed E-state index contributed by atoms with van der Waals surface area (Å²) < 4.78 is 5.45. The molecule has 0 radical (unpaired) electrons. The number of carbonyl (C=O) groups excluding carboxylic acids is 2. The molecule has 0 bridgehead atoms. The van der Waals surface area contributed by atoms with E-state index in [1.165, 1.54) is 29.2 Å². The molecule has 166 valence electrons. The van der Waals surface area contributed by atoms with Gasteiger partial charge in [0.05, 0.1) is 13.1 Å². The Morgan fingerprint density at radius 1 is 0.848 bits per heavy atom. The van der Waals surface area contributed by atoms with Gasteiger partial charge in [-0.3, -0.25) is 9.69 Å². The van der Waals surface area contributed by atoms with Crippen LogP contribution < -0.4 is 9.96 Å². The van der Waals surface area contributed by atoms with Crippen LogP contribution in [0.25, 0.3) is 12.2 Å². The first-order chi connectivity index (χ1) is 16.0. The Balaban J connectivity index is 1.61. The van der Waals surface area contributed by atoms with Crippen LogP contribution in [0.3, 0.4) is 0 Å². The van der Waals surface area contributed by atoms with E-state index < -0.39 is 11.3 Å². The number of likely N-dealkylation sites (tertiary alicyclic amines) is 1. The van der Waals surface area contributed by atoms with E-state index in [2.05, 4.69) is 0 Å². The molecular weight excluding hydrogens is 420 g/mol. The molecule has 1 heterocycles. The third kappa shape index (κ3) is 5.61. The molecule has 1 aliphatic rings. The average Bonchev–Trinajstić information content (AvgIpc) is 2.83. The number of nitrogens with zero attached hydrogens (tertiary/aromatic N) is 1. The highest BCUT2D eigenvalue weighted by Crippen LogP contribution is 2.23. The minimum Gasteiger partial charge on any atom is -0.595 e. The van der Waals surface area contributed by atoms with Crippen LogP contribution in [0.1, 0.15) is 11.1 Å². The largest absolute Gasteiger partial charge is 0.595 e. The fourth-order valence-corrected chi connectivity index (χ4v) is 3.50. The quantitative estimate of drug-likeness (QED) is 0.475. The molecule has 1 amide bonds. The Kier molecular flexibility index (Phi) is 6.75. The number of Topliss-reactive ketones (excluding diaryl/α,β-unsaturated/α-hetero) is 1. The number of quaternary nitrogens is 1. The smallest absolute Gasteiger partial charge is 0.415 e. The molecular formula is C26H22N2O5. The van der Waals surface area contributed by atoms with Crippen LogP contribution in [0.2, 0.25) is 0 Å². The lowest BCUT2D eigenvalue weighted by Crippen LogP contribution is -2.99. The number of ether oxygens (including phenoxy) is 1. The summed E-state index contributed by atoms with van der Waals surface area (Å²) in [6.07, 6.45) is 2.94. The summed E-state index contributed by atoms with van der Waals surface area (Å²) in [6, 6.07) is 24.5. The van der Waals surface area contributed by atoms with E-state index in [0.717, 1.165) is 11.1 Å². The molecule has 0 saturated carbocycles. The van der Waals surface area contributed by atoms with Crippen LogP contribution in [0.4, 0.5) is 10.5 Å². The number of amides is 1. The van der Waals surface area contributed by atoms with Crippen molar-refractivity contribution in [1.82, 2.24) is 4.90 Å². The normalized spacial score (nSPS) is 17.3. The van der Waals surface area contributed by atoms with Gasteiger partial charge < -0.3 is 9.94 Å². The zero-order chi connectivity index (χ0) is 23.2. The summed E-state index contributed by atoms with van der Waals surface area (Å²) in [5.41, 5.74) is 2.78. The molecule has 3 aromatic carbocycles. The zero-order valence-electron chi connectivity index (χ0n) is 17.7. The maximum atomic E-state index is 13.2. The van der Waals surface area contributed by atoms with Gasteiger partial charge in [-0.1, -0.05) is 60.7 Å². The molecule has 2 N–H and O–H groups in total. The Morgan fingerprint density at radius 3 is 1.79 bits per heavy atom. The predicted molar refractivity (Wildman–Crippen MR) is 124 cm³/mol. The van der Waals surface area contributed by atoms with Crippen molar-refractivity contribution in [2.45, 2.75) is 0 Å². The van der Waals surface area contributed by atoms with Gasteiger partial charge in [-0.15, -0.1) is 0 Å². The lowest BCUT2D eigenvalue weighted by Gasteiger charge is -2.29. The fraction of sp³-hybridized carbons (Fsp3) is 0.0769. The summed E-state index contributed by atoms with van der Waals surface area (Å²) >= 11 is 0. The van der Waals surface area contributed by atoms with E-state index in [0.29, 0.717) is 11.1 Å². The van der Waals surface area contributed by atoms with Gasteiger partial charge in [-0.2, -0.15) is 5.23 Å². The fourth-order valence-electron chi connectivity index (χ4n) is 3.50. The van der Waals surface area contributed by atoms with Gasteiger partial charge in [-0.25, -0.2) is 10.0 Å². The van der Waals surface area contributed by atoms with Gasteiger partial charge >= 0.3 is 6.09 Å². The zero-order valence-corrected chi connectivity index (χ0v) is 17.7. The van der Waals surface area contributed by atoms with E-state index in [1.54, 1.807) is 12.2 Å². The maximum absolute atomic E-state index is 13.2. The molecule has 1 aliphatic heterocycles. The number of hydrogen-bond acceptors (Lipinski definition) is 5. The first-order valence-electron chi connectivity index (χ1n) is 10.4. The molecule has 7 heteroatoms. The second kappa shape index (κ2) is 10.1. The van der Waals surface area contributed by atoms with E-state index >= 15 is 0 Å². The van der Waals surface area contributed by atoms with E-state index in [1.807, 2.05) is 60.7 Å². The third-order valence-electron chi connectivity index (χ3n) is 5.15. The number of carbonyl (C=O) groups is 2. The second-order valence-electron chi connectivity index (χ2n) is 7.54. The second-order valence-corrected chi connectivity index (χ2v) is 7.54. The average molecular weight is 442 g/mol. The Bertz CT molecular complexity index is 1120. The highest BCUT2D eigenvalue weighted by molar-refractivity contribution is 6.15. The maximum Gasteiger partial charge on any atom is 0.415 e. The van der Waals surface area contributed by atoms with Crippen molar-refractivity contribution >= 4 is 29.7 Å². The van der Waals surface area contributed by atoms with Crippen LogP contribution in [0.15, 0.2) is 96.1 Å². The standard InChI is InChI=1S/C26H22N2O5/c29-25-21(15-19-7-3-1-4-8-19)17-27(18-22(25)16-20-9-5-2-6-10-20)26(30)33-24-13-11-23(12-14-24)28(31)32/h1-16,28,31H,17-18H2/b21-15-,22-16+. The van der Waals surface area contributed by atoms with Gasteiger partial charge in [0.25, 0.3) is 0 Å². The Hall–Kier alpha value is -4.04. The van der Waals surface area contributed by atoms with Gasteiger partial charge in [0.2, 0.25) is 0 Å². The number of piperidine rings is 1. The lowest BCUT2D eigenvalue weighted by atomic mass is 9.94. The first-order valence-corrected chi connectivity index (χ1v) is 10.4. The van der Waals surface area contributed by atoms with Crippen LogP contribution in [0.5, 0.6) is 5.75 Å². The van der Waals surface area contributed by atoms with Gasteiger partial charge in [0.15, 0.2) is 11.5 Å². The van der Waals surface area contributed by atoms with Crippen LogP contribution in [-0.4, -0.2) is 35.1 Å². The highest BCUT2D eigenvalue weighted by Gasteiger charge is 2.30. The molecule has 1 atom stereocenters. The summed E-state index contributed by atoms with van der Waals surface area (Å²) in [4.78, 5) is 27.6. The Labute approximate surface area is 191 Å². The molecule has 33 heavy (non-hydrogen) atoms. The van der Waals surface area contributed by atoms with E-state index in [4.69, 9.17) is 9.94 Å². The Morgan fingerprint density at radius 2 is 1.33 bits per heavy atom. The van der Waals surface area contributed by atoms with Crippen LogP contribution >= 0.6 is 0 Å². The van der Waals surface area contributed by atoms with E-state index in [-0.39, 0.29) is 30.3 Å². The molecule has 4 rings (SSSR count). The number of hydrogen-bond donors (Lipinski definition) is 2. The molecule has 7 nitrogen and oxygen atoms in total. The monoisotopic (exact) mass is 442 g/mol. The summed E-state index contributed by atoms with van der Waals surface area (Å²) in [5.74, 6) is 0.113. The molecule has 0 spiro atoms. The SMILES string of the molecule is O=C1/C(=C\c2ccccc2)CN(C(=O)Oc2ccc([NH+]([O-])O)cc2)C/C1=C\c1ccccc1. The summed E-state index contributed by atoms with van der Waals surface area (Å²) in [6.45, 7) is 0.206. The van der Waals surface area contributed by atoms with Crippen molar-refractivity contribution in [3.63, 3.8) is 0 Å². The van der Waals surface area contributed by atoms with Crippen molar-refractivity contribution in [3.05, 3.63) is 112 Å². The molecule has 3 aromatic rings. The van der Waals surface area contributed by atoms with Crippen LogP contribution in [0, 0.1) is 5.21 Å². The number of benzene rings is 3. The van der Waals surface area contributed by atoms with Crippen molar-refractivity contribution in [2.24, 2.45) is 0 Å². The van der Waals surface area contributed by atoms with Crippen LogP contribution in [-0.2, 0) is 4.79 Å². The van der Waals surface area contributed by atoms with Crippen molar-refractivity contribution in [1.29, 1.82) is 0 Å². The minimum atomic E-state index is -1.06. The molecule has 1 unspecified atom stereocenters. The van der Waals surface area contributed by atoms with Crippen molar-refractivity contribution < 1.29 is 24.8 Å². The first kappa shape index (κ1) is 22.2. The summed E-state index contributed by atoms with van der Waals surface area (Å²) in [7, 11) is 0. The third-order valence-corrected chi connectivity index (χ3v) is 5.15. The van der Waals surface area contributed by atoms with Gasteiger partial charge in [0.1, 0.15) is 5.75 Å².